The van der Waals surface area contributed by atoms with Gasteiger partial charge in [0.15, 0.2) is 0 Å². The number of hydrogen-bond donors (Lipinski definition) is 0. The topological polar surface area (TPSA) is 55.2 Å². The van der Waals surface area contributed by atoms with E-state index in [1.807, 2.05) is 34.5 Å². The molecule has 3 aromatic rings. The SMILES string of the molecule is O=C(Cn1ncc(=O)c2ccccc21)N1CCCC1c1cccs1. The fraction of sp³-hybridized carbons (Fsp3) is 0.278. The molecule has 1 atom stereocenters. The van der Waals surface area contributed by atoms with E-state index in [0.717, 1.165) is 19.4 Å². The molecule has 1 aliphatic rings. The number of hydrogen-bond acceptors (Lipinski definition) is 4. The lowest BCUT2D eigenvalue weighted by Crippen LogP contribution is -2.34. The molecule has 1 amide bonds. The van der Waals surface area contributed by atoms with Gasteiger partial charge in [-0.05, 0) is 36.4 Å². The normalized spacial score (nSPS) is 17.5. The van der Waals surface area contributed by atoms with Gasteiger partial charge in [0.1, 0.15) is 6.54 Å². The van der Waals surface area contributed by atoms with Gasteiger partial charge in [0, 0.05) is 16.8 Å². The first kappa shape index (κ1) is 15.1. The second kappa shape index (κ2) is 6.20. The zero-order valence-corrected chi connectivity index (χ0v) is 13.9. The fourth-order valence-corrected chi connectivity index (χ4v) is 4.22. The molecule has 6 heteroatoms. The van der Waals surface area contributed by atoms with Gasteiger partial charge in [0.25, 0.3) is 0 Å². The average Bonchev–Trinajstić information content (AvgIpc) is 3.28. The maximum absolute atomic E-state index is 12.8. The van der Waals surface area contributed by atoms with E-state index in [1.165, 1.54) is 11.1 Å². The van der Waals surface area contributed by atoms with Crippen molar-refractivity contribution in [2.75, 3.05) is 6.54 Å². The number of rotatable bonds is 3. The van der Waals surface area contributed by atoms with Gasteiger partial charge in [-0.2, -0.15) is 5.10 Å². The molecule has 1 aromatic carbocycles. The molecule has 4 rings (SSSR count). The quantitative estimate of drug-likeness (QED) is 0.737. The number of carbonyl (C=O) groups is 1. The predicted molar refractivity (Wildman–Crippen MR) is 94.0 cm³/mol. The van der Waals surface area contributed by atoms with Gasteiger partial charge in [-0.25, -0.2) is 0 Å². The molecule has 1 fully saturated rings. The van der Waals surface area contributed by atoms with E-state index in [-0.39, 0.29) is 23.9 Å². The second-order valence-corrected chi connectivity index (χ2v) is 6.92. The van der Waals surface area contributed by atoms with Crippen LogP contribution in [0.1, 0.15) is 23.8 Å². The van der Waals surface area contributed by atoms with Gasteiger partial charge in [-0.3, -0.25) is 14.3 Å². The van der Waals surface area contributed by atoms with Crippen LogP contribution in [-0.4, -0.2) is 27.1 Å². The molecule has 3 heterocycles. The van der Waals surface area contributed by atoms with Gasteiger partial charge < -0.3 is 4.90 Å². The Morgan fingerprint density at radius 3 is 2.96 bits per heavy atom. The van der Waals surface area contributed by atoms with Gasteiger partial charge in [0.2, 0.25) is 11.3 Å². The third-order valence-electron chi connectivity index (χ3n) is 4.49. The summed E-state index contributed by atoms with van der Waals surface area (Å²) in [6, 6.07) is 11.6. The highest BCUT2D eigenvalue weighted by molar-refractivity contribution is 7.10. The van der Waals surface area contributed by atoms with Crippen molar-refractivity contribution in [3.05, 3.63) is 63.1 Å². The van der Waals surface area contributed by atoms with E-state index in [2.05, 4.69) is 11.2 Å². The van der Waals surface area contributed by atoms with Crippen molar-refractivity contribution in [3.63, 3.8) is 0 Å². The lowest BCUT2D eigenvalue weighted by atomic mass is 10.2. The fourth-order valence-electron chi connectivity index (χ4n) is 3.35. The van der Waals surface area contributed by atoms with Crippen LogP contribution in [0.15, 0.2) is 52.8 Å². The van der Waals surface area contributed by atoms with E-state index >= 15 is 0 Å². The summed E-state index contributed by atoms with van der Waals surface area (Å²) in [7, 11) is 0. The first-order valence-electron chi connectivity index (χ1n) is 8.02. The molecule has 1 aliphatic heterocycles. The van der Waals surface area contributed by atoms with E-state index in [9.17, 15) is 9.59 Å². The first-order chi connectivity index (χ1) is 11.7. The third kappa shape index (κ3) is 2.63. The van der Waals surface area contributed by atoms with Crippen LogP contribution in [0.4, 0.5) is 0 Å². The van der Waals surface area contributed by atoms with Crippen molar-refractivity contribution in [1.29, 1.82) is 0 Å². The standard InChI is InChI=1S/C18H17N3O2S/c22-16-11-19-21(14-6-2-1-5-13(14)16)12-18(23)20-9-3-7-15(20)17-8-4-10-24-17/h1-2,4-6,8,10-11,15H,3,7,9,12H2. The molecule has 0 saturated carbocycles. The highest BCUT2D eigenvalue weighted by atomic mass is 32.1. The van der Waals surface area contributed by atoms with Gasteiger partial charge >= 0.3 is 0 Å². The number of likely N-dealkylation sites (tertiary alicyclic amines) is 1. The minimum absolute atomic E-state index is 0.0483. The summed E-state index contributed by atoms with van der Waals surface area (Å²) in [5, 5.41) is 6.81. The maximum atomic E-state index is 12.8. The number of nitrogens with zero attached hydrogens (tertiary/aromatic N) is 3. The molecule has 5 nitrogen and oxygen atoms in total. The summed E-state index contributed by atoms with van der Waals surface area (Å²) in [5.41, 5.74) is 0.581. The second-order valence-electron chi connectivity index (χ2n) is 5.94. The highest BCUT2D eigenvalue weighted by Gasteiger charge is 2.30. The van der Waals surface area contributed by atoms with Crippen molar-refractivity contribution >= 4 is 28.1 Å². The zero-order valence-electron chi connectivity index (χ0n) is 13.1. The van der Waals surface area contributed by atoms with Gasteiger partial charge in [0.05, 0.1) is 17.8 Å². The summed E-state index contributed by atoms with van der Waals surface area (Å²) >= 11 is 1.69. The summed E-state index contributed by atoms with van der Waals surface area (Å²) < 4.78 is 1.63. The third-order valence-corrected chi connectivity index (χ3v) is 5.47. The molecule has 0 bridgehead atoms. The van der Waals surface area contributed by atoms with Gasteiger partial charge in [-0.1, -0.05) is 18.2 Å². The summed E-state index contributed by atoms with van der Waals surface area (Å²) in [6.45, 7) is 0.933. The number of thiophene rings is 1. The highest BCUT2D eigenvalue weighted by Crippen LogP contribution is 2.34. The summed E-state index contributed by atoms with van der Waals surface area (Å²) in [6.07, 6.45) is 3.31. The zero-order chi connectivity index (χ0) is 16.5. The molecular weight excluding hydrogens is 322 g/mol. The van der Waals surface area contributed by atoms with Crippen molar-refractivity contribution in [1.82, 2.24) is 14.7 Å². The molecule has 0 N–H and O–H groups in total. The number of amides is 1. The Bertz CT molecular complexity index is 933. The number of fused-ring (bicyclic) bond motifs is 1. The van der Waals surface area contributed by atoms with Crippen molar-refractivity contribution in [2.45, 2.75) is 25.4 Å². The van der Waals surface area contributed by atoms with Crippen LogP contribution in [0.25, 0.3) is 10.9 Å². The van der Waals surface area contributed by atoms with E-state index < -0.39 is 0 Å². The predicted octanol–water partition coefficient (Wildman–Crippen LogP) is 2.82. The molecule has 0 spiro atoms. The lowest BCUT2D eigenvalue weighted by Gasteiger charge is -2.24. The van der Waals surface area contributed by atoms with Gasteiger partial charge in [-0.15, -0.1) is 11.3 Å². The summed E-state index contributed by atoms with van der Waals surface area (Å²) in [5.74, 6) is 0.0483. The van der Waals surface area contributed by atoms with Crippen LogP contribution in [0, 0.1) is 0 Å². The van der Waals surface area contributed by atoms with Crippen LogP contribution in [-0.2, 0) is 11.3 Å². The maximum Gasteiger partial charge on any atom is 0.244 e. The molecular formula is C18H17N3O2S. The molecule has 1 saturated heterocycles. The Labute approximate surface area is 143 Å². The average molecular weight is 339 g/mol. The minimum atomic E-state index is -0.119. The van der Waals surface area contributed by atoms with Crippen LogP contribution in [0.2, 0.25) is 0 Å². The van der Waals surface area contributed by atoms with Crippen LogP contribution in [0.3, 0.4) is 0 Å². The Hall–Kier alpha value is -2.47. The Morgan fingerprint density at radius 2 is 2.12 bits per heavy atom. The Morgan fingerprint density at radius 1 is 1.25 bits per heavy atom. The lowest BCUT2D eigenvalue weighted by molar-refractivity contribution is -0.132. The smallest absolute Gasteiger partial charge is 0.244 e. The molecule has 1 unspecified atom stereocenters. The number of para-hydroxylation sites is 1. The van der Waals surface area contributed by atoms with Crippen LogP contribution >= 0.6 is 11.3 Å². The number of benzene rings is 1. The van der Waals surface area contributed by atoms with Crippen molar-refractivity contribution in [3.8, 4) is 0 Å². The monoisotopic (exact) mass is 339 g/mol. The van der Waals surface area contributed by atoms with E-state index in [1.54, 1.807) is 22.1 Å². The molecule has 24 heavy (non-hydrogen) atoms. The minimum Gasteiger partial charge on any atom is -0.333 e. The molecule has 2 aromatic heterocycles. The first-order valence-corrected chi connectivity index (χ1v) is 8.90. The molecule has 122 valence electrons. The van der Waals surface area contributed by atoms with E-state index in [0.29, 0.717) is 10.9 Å². The van der Waals surface area contributed by atoms with Crippen LogP contribution < -0.4 is 5.43 Å². The number of aromatic nitrogens is 2. The molecule has 0 aliphatic carbocycles. The number of carbonyl (C=O) groups excluding carboxylic acids is 1. The largest absolute Gasteiger partial charge is 0.333 e. The Kier molecular flexibility index (Phi) is 3.90. The Balaban J connectivity index is 1.63. The summed E-state index contributed by atoms with van der Waals surface area (Å²) in [4.78, 5) is 27.9. The van der Waals surface area contributed by atoms with Crippen LogP contribution in [0.5, 0.6) is 0 Å². The van der Waals surface area contributed by atoms with Crippen molar-refractivity contribution < 1.29 is 4.79 Å². The molecule has 0 radical (unpaired) electrons. The van der Waals surface area contributed by atoms with Crippen molar-refractivity contribution in [2.24, 2.45) is 0 Å². The van der Waals surface area contributed by atoms with E-state index in [4.69, 9.17) is 0 Å².